The first-order valence-electron chi connectivity index (χ1n) is 3.11. The fourth-order valence-electron chi connectivity index (χ4n) is 0.821. The highest BCUT2D eigenvalue weighted by Gasteiger charge is 2.05. The molecule has 1 aromatic rings. The number of aromatic amines is 1. The number of carbonyl (C=O) groups is 1. The molecule has 1 aromatic heterocycles. The molecule has 3 heteroatoms. The molecule has 3 nitrogen and oxygen atoms in total. The van der Waals surface area contributed by atoms with Gasteiger partial charge in [0.15, 0.2) is 0 Å². The molecule has 0 saturated heterocycles. The van der Waals surface area contributed by atoms with Gasteiger partial charge in [-0.3, -0.25) is 4.79 Å². The monoisotopic (exact) mass is 138 g/mol. The van der Waals surface area contributed by atoms with Gasteiger partial charge in [0.1, 0.15) is 0 Å². The Bertz CT molecular complexity index is 240. The molecule has 1 rings (SSSR count). The standard InChI is InChI=1S/C7H10N2O/c1-5-3-9-4-6(5)7(10)8-2/h3-4,9H,1-2H3,(H,8,10). The SMILES string of the molecule is CNC(=O)c1c[nH]cc1C. The van der Waals surface area contributed by atoms with Gasteiger partial charge in [0.2, 0.25) is 0 Å². The number of hydrogen-bond donors (Lipinski definition) is 2. The summed E-state index contributed by atoms with van der Waals surface area (Å²) in [6.45, 7) is 1.89. The van der Waals surface area contributed by atoms with Gasteiger partial charge >= 0.3 is 0 Å². The summed E-state index contributed by atoms with van der Waals surface area (Å²) in [7, 11) is 1.62. The normalized spacial score (nSPS) is 9.40. The first-order chi connectivity index (χ1) is 4.75. The number of nitrogens with one attached hydrogen (secondary N) is 2. The van der Waals surface area contributed by atoms with Crippen molar-refractivity contribution in [2.75, 3.05) is 7.05 Å². The number of hydrogen-bond acceptors (Lipinski definition) is 1. The highest BCUT2D eigenvalue weighted by atomic mass is 16.1. The smallest absolute Gasteiger partial charge is 0.252 e. The van der Waals surface area contributed by atoms with Crippen LogP contribution in [0.3, 0.4) is 0 Å². The number of aryl methyl sites for hydroxylation is 1. The molecule has 0 atom stereocenters. The maximum atomic E-state index is 11.0. The van der Waals surface area contributed by atoms with Crippen LogP contribution in [0.15, 0.2) is 12.4 Å². The largest absolute Gasteiger partial charge is 0.367 e. The molecule has 54 valence electrons. The van der Waals surface area contributed by atoms with E-state index in [1.807, 2.05) is 6.92 Å². The van der Waals surface area contributed by atoms with E-state index in [4.69, 9.17) is 0 Å². The Labute approximate surface area is 59.4 Å². The quantitative estimate of drug-likeness (QED) is 0.589. The molecule has 0 aliphatic rings. The zero-order valence-electron chi connectivity index (χ0n) is 6.06. The predicted octanol–water partition coefficient (Wildman–Crippen LogP) is 0.683. The van der Waals surface area contributed by atoms with Crippen LogP contribution in [0.25, 0.3) is 0 Å². The van der Waals surface area contributed by atoms with E-state index in [0.717, 1.165) is 5.56 Å². The summed E-state index contributed by atoms with van der Waals surface area (Å²) in [6, 6.07) is 0. The molecule has 0 saturated carbocycles. The van der Waals surface area contributed by atoms with Gasteiger partial charge in [0.05, 0.1) is 5.56 Å². The van der Waals surface area contributed by atoms with Gasteiger partial charge < -0.3 is 10.3 Å². The Morgan fingerprint density at radius 1 is 1.60 bits per heavy atom. The van der Waals surface area contributed by atoms with Gasteiger partial charge in [0.25, 0.3) is 5.91 Å². The summed E-state index contributed by atoms with van der Waals surface area (Å²) in [5.74, 6) is -0.0428. The van der Waals surface area contributed by atoms with Crippen LogP contribution in [0.4, 0.5) is 0 Å². The van der Waals surface area contributed by atoms with Crippen LogP contribution in [0.2, 0.25) is 0 Å². The van der Waals surface area contributed by atoms with Crippen LogP contribution >= 0.6 is 0 Å². The van der Waals surface area contributed by atoms with Gasteiger partial charge in [-0.1, -0.05) is 0 Å². The Morgan fingerprint density at radius 2 is 2.30 bits per heavy atom. The maximum absolute atomic E-state index is 11.0. The summed E-state index contributed by atoms with van der Waals surface area (Å²) in [6.07, 6.45) is 3.48. The van der Waals surface area contributed by atoms with E-state index in [1.165, 1.54) is 0 Å². The summed E-state index contributed by atoms with van der Waals surface area (Å²) in [5.41, 5.74) is 1.68. The van der Waals surface area contributed by atoms with Gasteiger partial charge in [-0.05, 0) is 12.5 Å². The van der Waals surface area contributed by atoms with E-state index >= 15 is 0 Å². The summed E-state index contributed by atoms with van der Waals surface area (Å²) >= 11 is 0. The van der Waals surface area contributed by atoms with Crippen LogP contribution < -0.4 is 5.32 Å². The van der Waals surface area contributed by atoms with Crippen LogP contribution in [0.5, 0.6) is 0 Å². The first kappa shape index (κ1) is 6.86. The lowest BCUT2D eigenvalue weighted by atomic mass is 10.2. The minimum Gasteiger partial charge on any atom is -0.367 e. The molecule has 0 aromatic carbocycles. The second-order valence-corrected chi connectivity index (χ2v) is 2.13. The molecule has 0 aliphatic heterocycles. The third-order valence-corrected chi connectivity index (χ3v) is 1.42. The number of amides is 1. The molecule has 1 amide bonds. The lowest BCUT2D eigenvalue weighted by Gasteiger charge is -1.94. The molecule has 0 spiro atoms. The number of rotatable bonds is 1. The molecule has 0 bridgehead atoms. The van der Waals surface area contributed by atoms with E-state index in [9.17, 15) is 4.79 Å². The van der Waals surface area contributed by atoms with Crippen LogP contribution in [0.1, 0.15) is 15.9 Å². The van der Waals surface area contributed by atoms with E-state index in [1.54, 1.807) is 19.4 Å². The zero-order chi connectivity index (χ0) is 7.56. The summed E-state index contributed by atoms with van der Waals surface area (Å²) in [4.78, 5) is 13.8. The van der Waals surface area contributed by atoms with Crippen molar-refractivity contribution in [3.05, 3.63) is 23.5 Å². The van der Waals surface area contributed by atoms with Crippen molar-refractivity contribution in [2.24, 2.45) is 0 Å². The molecule has 0 aliphatic carbocycles. The fourth-order valence-corrected chi connectivity index (χ4v) is 0.821. The predicted molar refractivity (Wildman–Crippen MR) is 38.9 cm³/mol. The molecular weight excluding hydrogens is 128 g/mol. The second kappa shape index (κ2) is 2.56. The highest BCUT2D eigenvalue weighted by molar-refractivity contribution is 5.95. The van der Waals surface area contributed by atoms with Crippen molar-refractivity contribution in [1.29, 1.82) is 0 Å². The molecule has 0 fully saturated rings. The van der Waals surface area contributed by atoms with Gasteiger partial charge in [0, 0.05) is 19.4 Å². The van der Waals surface area contributed by atoms with Crippen molar-refractivity contribution in [1.82, 2.24) is 10.3 Å². The van der Waals surface area contributed by atoms with Gasteiger partial charge in [-0.25, -0.2) is 0 Å². The summed E-state index contributed by atoms with van der Waals surface area (Å²) < 4.78 is 0. The number of H-pyrrole nitrogens is 1. The maximum Gasteiger partial charge on any atom is 0.252 e. The molecule has 1 heterocycles. The van der Waals surface area contributed by atoms with Crippen LogP contribution in [-0.2, 0) is 0 Å². The van der Waals surface area contributed by atoms with Crippen molar-refractivity contribution in [2.45, 2.75) is 6.92 Å². The van der Waals surface area contributed by atoms with Crippen molar-refractivity contribution in [3.8, 4) is 0 Å². The number of carbonyl (C=O) groups excluding carboxylic acids is 1. The zero-order valence-corrected chi connectivity index (χ0v) is 6.06. The van der Waals surface area contributed by atoms with E-state index < -0.39 is 0 Å². The molecular formula is C7H10N2O. The molecule has 0 unspecified atom stereocenters. The van der Waals surface area contributed by atoms with Gasteiger partial charge in [-0.15, -0.1) is 0 Å². The van der Waals surface area contributed by atoms with Crippen molar-refractivity contribution >= 4 is 5.91 Å². The third-order valence-electron chi connectivity index (χ3n) is 1.42. The second-order valence-electron chi connectivity index (χ2n) is 2.13. The fraction of sp³-hybridized carbons (Fsp3) is 0.286. The van der Waals surface area contributed by atoms with E-state index in [2.05, 4.69) is 10.3 Å². The molecule has 0 radical (unpaired) electrons. The minimum absolute atomic E-state index is 0.0428. The average molecular weight is 138 g/mol. The molecule has 10 heavy (non-hydrogen) atoms. The Morgan fingerprint density at radius 3 is 2.70 bits per heavy atom. The first-order valence-corrected chi connectivity index (χ1v) is 3.11. The van der Waals surface area contributed by atoms with Crippen molar-refractivity contribution in [3.63, 3.8) is 0 Å². The summed E-state index contributed by atoms with van der Waals surface area (Å²) in [5, 5.41) is 2.55. The molecule has 2 N–H and O–H groups in total. The Kier molecular flexibility index (Phi) is 1.76. The lowest BCUT2D eigenvalue weighted by molar-refractivity contribution is 0.0962. The van der Waals surface area contributed by atoms with Crippen LogP contribution in [0, 0.1) is 6.92 Å². The third kappa shape index (κ3) is 1.03. The lowest BCUT2D eigenvalue weighted by Crippen LogP contribution is -2.17. The number of aromatic nitrogens is 1. The van der Waals surface area contributed by atoms with Crippen molar-refractivity contribution < 1.29 is 4.79 Å². The Balaban J connectivity index is 2.93. The highest BCUT2D eigenvalue weighted by Crippen LogP contribution is 2.04. The van der Waals surface area contributed by atoms with Crippen LogP contribution in [-0.4, -0.2) is 17.9 Å². The van der Waals surface area contributed by atoms with E-state index in [-0.39, 0.29) is 5.91 Å². The average Bonchev–Trinajstić information content (AvgIpc) is 2.34. The topological polar surface area (TPSA) is 44.9 Å². The van der Waals surface area contributed by atoms with Gasteiger partial charge in [-0.2, -0.15) is 0 Å². The van der Waals surface area contributed by atoms with E-state index in [0.29, 0.717) is 5.56 Å². The minimum atomic E-state index is -0.0428. The Hall–Kier alpha value is -1.25.